The number of rotatable bonds is 8. The van der Waals surface area contributed by atoms with Crippen molar-refractivity contribution in [2.75, 3.05) is 13.2 Å². The standard InChI is InChI=1S/C25H28N2O5/c1-2-31-17-12-10-16(11-13-17)14-27-19-7-4-3-6-18(25(26)30)23(19)24-20(27)8-5-9-21(24)32-15-22(28)29/h5,8-13,18H,2-4,6-7,14-15H2,1H3,(H2,26,30)(H,28,29). The van der Waals surface area contributed by atoms with Crippen molar-refractivity contribution in [1.29, 1.82) is 0 Å². The molecule has 0 radical (unpaired) electrons. The van der Waals surface area contributed by atoms with Crippen molar-refractivity contribution in [3.63, 3.8) is 0 Å². The largest absolute Gasteiger partial charge is 0.494 e. The van der Waals surface area contributed by atoms with Gasteiger partial charge in [0.05, 0.1) is 18.0 Å². The van der Waals surface area contributed by atoms with Crippen molar-refractivity contribution in [2.45, 2.75) is 45.1 Å². The maximum Gasteiger partial charge on any atom is 0.341 e. The molecule has 1 aliphatic carbocycles. The average molecular weight is 437 g/mol. The monoisotopic (exact) mass is 436 g/mol. The zero-order valence-corrected chi connectivity index (χ0v) is 18.2. The first kappa shape index (κ1) is 21.7. The van der Waals surface area contributed by atoms with Gasteiger partial charge in [-0.15, -0.1) is 0 Å². The number of aliphatic carboxylic acids is 1. The molecular weight excluding hydrogens is 408 g/mol. The van der Waals surface area contributed by atoms with Gasteiger partial charge in [-0.05, 0) is 61.6 Å². The Balaban J connectivity index is 1.86. The lowest BCUT2D eigenvalue weighted by Crippen LogP contribution is -2.21. The lowest BCUT2D eigenvalue weighted by molar-refractivity contribution is -0.139. The van der Waals surface area contributed by atoms with Crippen LogP contribution in [0.4, 0.5) is 0 Å². The highest BCUT2D eigenvalue weighted by Gasteiger charge is 2.31. The van der Waals surface area contributed by atoms with E-state index in [0.29, 0.717) is 25.3 Å². The first-order valence-corrected chi connectivity index (χ1v) is 11.0. The van der Waals surface area contributed by atoms with Crippen LogP contribution in [0.3, 0.4) is 0 Å². The number of carboxylic acid groups (broad SMARTS) is 1. The zero-order chi connectivity index (χ0) is 22.7. The van der Waals surface area contributed by atoms with Gasteiger partial charge in [0.15, 0.2) is 6.61 Å². The predicted molar refractivity (Wildman–Crippen MR) is 121 cm³/mol. The van der Waals surface area contributed by atoms with Gasteiger partial charge in [0.1, 0.15) is 11.5 Å². The molecule has 0 spiro atoms. The Morgan fingerprint density at radius 3 is 2.59 bits per heavy atom. The van der Waals surface area contributed by atoms with E-state index in [1.54, 1.807) is 6.07 Å². The highest BCUT2D eigenvalue weighted by molar-refractivity contribution is 5.97. The number of nitrogens with zero attached hydrogens (tertiary/aromatic N) is 1. The van der Waals surface area contributed by atoms with Gasteiger partial charge in [0.2, 0.25) is 5.91 Å². The van der Waals surface area contributed by atoms with E-state index in [9.17, 15) is 9.59 Å². The Morgan fingerprint density at radius 1 is 1.12 bits per heavy atom. The summed E-state index contributed by atoms with van der Waals surface area (Å²) in [6, 6.07) is 13.6. The molecule has 1 aliphatic rings. The molecule has 1 atom stereocenters. The second-order valence-corrected chi connectivity index (χ2v) is 8.06. The van der Waals surface area contributed by atoms with E-state index < -0.39 is 18.5 Å². The van der Waals surface area contributed by atoms with Crippen LogP contribution in [-0.4, -0.2) is 34.8 Å². The molecule has 2 aromatic carbocycles. The fourth-order valence-electron chi connectivity index (χ4n) is 4.65. The number of ether oxygens (including phenoxy) is 2. The summed E-state index contributed by atoms with van der Waals surface area (Å²) in [7, 11) is 0. The highest BCUT2D eigenvalue weighted by Crippen LogP contribution is 2.42. The fourth-order valence-corrected chi connectivity index (χ4v) is 4.65. The number of nitrogens with two attached hydrogens (primary N) is 1. The van der Waals surface area contributed by atoms with Gasteiger partial charge >= 0.3 is 5.97 Å². The Morgan fingerprint density at radius 2 is 1.91 bits per heavy atom. The van der Waals surface area contributed by atoms with Crippen molar-refractivity contribution < 1.29 is 24.2 Å². The number of aromatic nitrogens is 1. The first-order valence-electron chi connectivity index (χ1n) is 11.0. The van der Waals surface area contributed by atoms with Crippen LogP contribution in [0.5, 0.6) is 11.5 Å². The van der Waals surface area contributed by atoms with Gasteiger partial charge in [-0.2, -0.15) is 0 Å². The summed E-state index contributed by atoms with van der Waals surface area (Å²) in [5.74, 6) is -0.536. The second kappa shape index (κ2) is 9.34. The summed E-state index contributed by atoms with van der Waals surface area (Å²) in [5.41, 5.74) is 9.80. The maximum absolute atomic E-state index is 12.4. The number of carbonyl (C=O) groups excluding carboxylic acids is 1. The van der Waals surface area contributed by atoms with Crippen LogP contribution in [-0.2, 0) is 22.6 Å². The normalized spacial score (nSPS) is 15.7. The number of fused-ring (bicyclic) bond motifs is 3. The summed E-state index contributed by atoms with van der Waals surface area (Å²) in [6.07, 6.45) is 3.37. The Kier molecular flexibility index (Phi) is 6.35. The van der Waals surface area contributed by atoms with Crippen molar-refractivity contribution in [3.8, 4) is 11.5 Å². The number of hydrogen-bond acceptors (Lipinski definition) is 4. The molecule has 0 bridgehead atoms. The number of carboxylic acids is 1. The SMILES string of the molecule is CCOc1ccc(Cn2c3c(c4c(OCC(=O)O)cccc42)C(C(N)=O)CCCC3)cc1. The Hall–Kier alpha value is -3.48. The molecule has 0 saturated heterocycles. The van der Waals surface area contributed by atoms with Crippen LogP contribution in [0.25, 0.3) is 10.9 Å². The number of amides is 1. The van der Waals surface area contributed by atoms with Gasteiger partial charge in [-0.3, -0.25) is 4.79 Å². The molecule has 7 heteroatoms. The van der Waals surface area contributed by atoms with Crippen LogP contribution in [0.2, 0.25) is 0 Å². The molecule has 3 N–H and O–H groups in total. The van der Waals surface area contributed by atoms with Crippen LogP contribution in [0.1, 0.15) is 48.9 Å². The molecule has 1 unspecified atom stereocenters. The van der Waals surface area contributed by atoms with Crippen molar-refractivity contribution >= 4 is 22.8 Å². The lowest BCUT2D eigenvalue weighted by Gasteiger charge is -2.14. The van der Waals surface area contributed by atoms with Crippen molar-refractivity contribution in [2.24, 2.45) is 5.73 Å². The van der Waals surface area contributed by atoms with Crippen molar-refractivity contribution in [1.82, 2.24) is 4.57 Å². The first-order chi connectivity index (χ1) is 15.5. The van der Waals surface area contributed by atoms with Gasteiger partial charge in [0, 0.05) is 17.6 Å². The summed E-state index contributed by atoms with van der Waals surface area (Å²) < 4.78 is 13.4. The van der Waals surface area contributed by atoms with Gasteiger partial charge in [0.25, 0.3) is 0 Å². The minimum Gasteiger partial charge on any atom is -0.494 e. The molecule has 0 saturated carbocycles. The molecule has 4 rings (SSSR count). The quantitative estimate of drug-likeness (QED) is 0.522. The number of carbonyl (C=O) groups is 2. The zero-order valence-electron chi connectivity index (χ0n) is 18.2. The summed E-state index contributed by atoms with van der Waals surface area (Å²) in [4.78, 5) is 23.6. The molecule has 1 aromatic heterocycles. The number of benzene rings is 2. The van der Waals surface area contributed by atoms with Gasteiger partial charge < -0.3 is 24.9 Å². The molecule has 7 nitrogen and oxygen atoms in total. The highest BCUT2D eigenvalue weighted by atomic mass is 16.5. The van der Waals surface area contributed by atoms with E-state index in [4.69, 9.17) is 20.3 Å². The Bertz CT molecular complexity index is 1130. The lowest BCUT2D eigenvalue weighted by atomic mass is 9.92. The summed E-state index contributed by atoms with van der Waals surface area (Å²) in [6.45, 7) is 2.74. The van der Waals surface area contributed by atoms with Crippen LogP contribution >= 0.6 is 0 Å². The Labute approximate surface area is 186 Å². The minimum atomic E-state index is -1.05. The summed E-state index contributed by atoms with van der Waals surface area (Å²) in [5, 5.41) is 9.91. The topological polar surface area (TPSA) is 104 Å². The summed E-state index contributed by atoms with van der Waals surface area (Å²) >= 11 is 0. The predicted octanol–water partition coefficient (Wildman–Crippen LogP) is 3.85. The van der Waals surface area contributed by atoms with E-state index in [-0.39, 0.29) is 5.91 Å². The maximum atomic E-state index is 12.4. The third-order valence-corrected chi connectivity index (χ3v) is 5.98. The molecule has 1 heterocycles. The van der Waals surface area contributed by atoms with Gasteiger partial charge in [-0.1, -0.05) is 24.6 Å². The van der Waals surface area contributed by atoms with Crippen LogP contribution < -0.4 is 15.2 Å². The van der Waals surface area contributed by atoms with E-state index >= 15 is 0 Å². The van der Waals surface area contributed by atoms with E-state index in [2.05, 4.69) is 4.57 Å². The molecule has 0 aliphatic heterocycles. The average Bonchev–Trinajstić information content (AvgIpc) is 2.93. The van der Waals surface area contributed by atoms with E-state index in [1.807, 2.05) is 43.3 Å². The molecular formula is C25H28N2O5. The second-order valence-electron chi connectivity index (χ2n) is 8.06. The van der Waals surface area contributed by atoms with Crippen LogP contribution in [0, 0.1) is 0 Å². The third kappa shape index (κ3) is 4.28. The van der Waals surface area contributed by atoms with Crippen molar-refractivity contribution in [3.05, 3.63) is 59.3 Å². The molecule has 168 valence electrons. The minimum absolute atomic E-state index is 0.360. The molecule has 32 heavy (non-hydrogen) atoms. The van der Waals surface area contributed by atoms with E-state index in [1.165, 1.54) is 0 Å². The third-order valence-electron chi connectivity index (χ3n) is 5.98. The number of primary amides is 1. The van der Waals surface area contributed by atoms with E-state index in [0.717, 1.165) is 52.7 Å². The molecule has 0 fully saturated rings. The number of hydrogen-bond donors (Lipinski definition) is 2. The molecule has 3 aromatic rings. The smallest absolute Gasteiger partial charge is 0.341 e. The fraction of sp³-hybridized carbons (Fsp3) is 0.360. The van der Waals surface area contributed by atoms with Crippen LogP contribution in [0.15, 0.2) is 42.5 Å². The van der Waals surface area contributed by atoms with Gasteiger partial charge in [-0.25, -0.2) is 4.79 Å². The molecule has 1 amide bonds.